The number of carbonyl (C=O) groups is 1. The van der Waals surface area contributed by atoms with Gasteiger partial charge in [-0.2, -0.15) is 0 Å². The number of hydrogen-bond donors (Lipinski definition) is 2. The summed E-state index contributed by atoms with van der Waals surface area (Å²) < 4.78 is 6.50. The van der Waals surface area contributed by atoms with Crippen molar-refractivity contribution >= 4 is 27.5 Å². The van der Waals surface area contributed by atoms with Gasteiger partial charge in [0.05, 0.1) is 17.1 Å². The highest BCUT2D eigenvalue weighted by atomic mass is 79.9. The smallest absolute Gasteiger partial charge is 0.262 e. The molecule has 0 spiro atoms. The molecule has 0 saturated carbocycles. The topological polar surface area (TPSA) is 67.0 Å². The lowest BCUT2D eigenvalue weighted by Crippen LogP contribution is -2.20. The minimum Gasteiger partial charge on any atom is -0.484 e. The lowest BCUT2D eigenvalue weighted by Gasteiger charge is -2.09. The van der Waals surface area contributed by atoms with Gasteiger partial charge in [-0.25, -0.2) is 4.98 Å². The fourth-order valence-electron chi connectivity index (χ4n) is 3.74. The van der Waals surface area contributed by atoms with Gasteiger partial charge in [-0.1, -0.05) is 72.8 Å². The first-order valence-electron chi connectivity index (χ1n) is 11.2. The lowest BCUT2D eigenvalue weighted by molar-refractivity contribution is -0.118. The number of anilines is 1. The molecule has 0 bridgehead atoms. The van der Waals surface area contributed by atoms with E-state index in [0.717, 1.165) is 38.4 Å². The molecule has 35 heavy (non-hydrogen) atoms. The Balaban J connectivity index is 1.33. The summed E-state index contributed by atoms with van der Waals surface area (Å²) in [6.07, 6.45) is 0. The maximum absolute atomic E-state index is 12.3. The zero-order valence-electron chi connectivity index (χ0n) is 18.7. The first-order chi connectivity index (χ1) is 17.2. The summed E-state index contributed by atoms with van der Waals surface area (Å²) in [4.78, 5) is 20.7. The van der Waals surface area contributed by atoms with E-state index in [-0.39, 0.29) is 12.5 Å². The summed E-state index contributed by atoms with van der Waals surface area (Å²) in [7, 11) is 0. The third kappa shape index (κ3) is 5.34. The summed E-state index contributed by atoms with van der Waals surface area (Å²) in [5, 5.41) is 2.83. The average Bonchev–Trinajstić information content (AvgIpc) is 3.36. The molecule has 2 N–H and O–H groups in total. The molecule has 6 heteroatoms. The van der Waals surface area contributed by atoms with E-state index in [9.17, 15) is 4.79 Å². The van der Waals surface area contributed by atoms with Crippen LogP contribution in [0.5, 0.6) is 5.75 Å². The second-order valence-electron chi connectivity index (χ2n) is 7.88. The van der Waals surface area contributed by atoms with Gasteiger partial charge in [-0.15, -0.1) is 0 Å². The number of halogens is 1. The predicted octanol–water partition coefficient (Wildman–Crippen LogP) is 7.19. The van der Waals surface area contributed by atoms with Crippen molar-refractivity contribution < 1.29 is 9.53 Å². The Kier molecular flexibility index (Phi) is 6.73. The molecule has 0 atom stereocenters. The van der Waals surface area contributed by atoms with Gasteiger partial charge >= 0.3 is 0 Å². The van der Waals surface area contributed by atoms with Gasteiger partial charge in [0, 0.05) is 21.2 Å². The molecular formula is C29H22BrN3O2. The minimum atomic E-state index is -0.230. The van der Waals surface area contributed by atoms with E-state index >= 15 is 0 Å². The summed E-state index contributed by atoms with van der Waals surface area (Å²) in [6, 6.07) is 35.3. The van der Waals surface area contributed by atoms with Gasteiger partial charge in [-0.05, 0) is 52.3 Å². The number of benzene rings is 4. The number of nitrogens with one attached hydrogen (secondary N) is 2. The number of nitrogens with zero attached hydrogens (tertiary/aromatic N) is 1. The largest absolute Gasteiger partial charge is 0.484 e. The molecule has 5 nitrogen and oxygen atoms in total. The van der Waals surface area contributed by atoms with E-state index in [1.54, 1.807) is 0 Å². The zero-order chi connectivity index (χ0) is 24.0. The fourth-order valence-corrected chi connectivity index (χ4v) is 4.12. The number of ether oxygens (including phenoxy) is 1. The number of aromatic nitrogens is 2. The fraction of sp³-hybridized carbons (Fsp3) is 0.0345. The van der Waals surface area contributed by atoms with Crippen molar-refractivity contribution in [2.24, 2.45) is 0 Å². The van der Waals surface area contributed by atoms with Gasteiger partial charge in [0.15, 0.2) is 6.61 Å². The molecule has 4 aromatic carbocycles. The van der Waals surface area contributed by atoms with E-state index in [1.807, 2.05) is 84.9 Å². The molecule has 5 rings (SSSR count). The second kappa shape index (κ2) is 10.4. The molecule has 0 aliphatic rings. The number of para-hydroxylation sites is 1. The van der Waals surface area contributed by atoms with Crippen LogP contribution in [0.2, 0.25) is 0 Å². The number of aromatic amines is 1. The van der Waals surface area contributed by atoms with Crippen LogP contribution in [0.4, 0.5) is 5.69 Å². The number of H-pyrrole nitrogens is 1. The Labute approximate surface area is 212 Å². The van der Waals surface area contributed by atoms with Crippen LogP contribution in [-0.4, -0.2) is 22.5 Å². The Morgan fingerprint density at radius 3 is 2.09 bits per heavy atom. The highest BCUT2D eigenvalue weighted by Crippen LogP contribution is 2.33. The van der Waals surface area contributed by atoms with E-state index in [1.165, 1.54) is 0 Å². The summed E-state index contributed by atoms with van der Waals surface area (Å²) in [5.74, 6) is 1.14. The number of imidazole rings is 1. The van der Waals surface area contributed by atoms with Crippen LogP contribution in [0.3, 0.4) is 0 Å². The molecule has 172 valence electrons. The van der Waals surface area contributed by atoms with Crippen molar-refractivity contribution in [3.8, 4) is 39.7 Å². The van der Waals surface area contributed by atoms with Crippen molar-refractivity contribution in [2.75, 3.05) is 11.9 Å². The second-order valence-corrected chi connectivity index (χ2v) is 8.74. The van der Waals surface area contributed by atoms with E-state index < -0.39 is 0 Å². The number of rotatable bonds is 7. The van der Waals surface area contributed by atoms with Crippen molar-refractivity contribution in [1.29, 1.82) is 0 Å². The number of amides is 1. The monoisotopic (exact) mass is 523 g/mol. The lowest BCUT2D eigenvalue weighted by atomic mass is 10.1. The van der Waals surface area contributed by atoms with Gasteiger partial charge in [-0.3, -0.25) is 4.79 Å². The van der Waals surface area contributed by atoms with Crippen molar-refractivity contribution in [1.82, 2.24) is 9.97 Å². The molecule has 0 aliphatic carbocycles. The Bertz CT molecular complexity index is 1380. The first kappa shape index (κ1) is 22.6. The van der Waals surface area contributed by atoms with Gasteiger partial charge in [0.25, 0.3) is 5.91 Å². The quantitative estimate of drug-likeness (QED) is 0.237. The number of hydrogen-bond acceptors (Lipinski definition) is 3. The van der Waals surface area contributed by atoms with Gasteiger partial charge in [0.2, 0.25) is 0 Å². The SMILES string of the molecule is O=C(COc1ccc(-c2nc(-c3ccccc3)c(-c3ccccc3)[nH]2)cc1)Nc1ccccc1Br. The van der Waals surface area contributed by atoms with Gasteiger partial charge < -0.3 is 15.0 Å². The molecule has 1 amide bonds. The van der Waals surface area contributed by atoms with Crippen LogP contribution in [0.25, 0.3) is 33.9 Å². The summed E-state index contributed by atoms with van der Waals surface area (Å²) >= 11 is 3.42. The number of carbonyl (C=O) groups excluding carboxylic acids is 1. The average molecular weight is 524 g/mol. The standard InChI is InChI=1S/C29H22BrN3O2/c30-24-13-7-8-14-25(24)31-26(34)19-35-23-17-15-22(16-18-23)29-32-27(20-9-3-1-4-10-20)28(33-29)21-11-5-2-6-12-21/h1-18H,19H2,(H,31,34)(H,32,33). The molecule has 0 radical (unpaired) electrons. The Morgan fingerprint density at radius 2 is 1.40 bits per heavy atom. The summed E-state index contributed by atoms with van der Waals surface area (Å²) in [6.45, 7) is -0.0856. The zero-order valence-corrected chi connectivity index (χ0v) is 20.3. The van der Waals surface area contributed by atoms with Crippen LogP contribution < -0.4 is 10.1 Å². The summed E-state index contributed by atoms with van der Waals surface area (Å²) in [5.41, 5.74) is 5.62. The predicted molar refractivity (Wildman–Crippen MR) is 143 cm³/mol. The maximum Gasteiger partial charge on any atom is 0.262 e. The van der Waals surface area contributed by atoms with Crippen LogP contribution in [-0.2, 0) is 4.79 Å². The van der Waals surface area contributed by atoms with Crippen LogP contribution in [0.15, 0.2) is 114 Å². The Hall–Kier alpha value is -4.16. The maximum atomic E-state index is 12.3. The van der Waals surface area contributed by atoms with Crippen molar-refractivity contribution in [2.45, 2.75) is 0 Å². The van der Waals surface area contributed by atoms with Crippen molar-refractivity contribution in [3.63, 3.8) is 0 Å². The van der Waals surface area contributed by atoms with E-state index in [2.05, 4.69) is 50.5 Å². The highest BCUT2D eigenvalue weighted by molar-refractivity contribution is 9.10. The molecule has 0 aliphatic heterocycles. The van der Waals surface area contributed by atoms with Crippen LogP contribution in [0.1, 0.15) is 0 Å². The highest BCUT2D eigenvalue weighted by Gasteiger charge is 2.15. The molecule has 0 fully saturated rings. The third-order valence-corrected chi connectivity index (χ3v) is 6.15. The molecule has 0 unspecified atom stereocenters. The van der Waals surface area contributed by atoms with Gasteiger partial charge in [0.1, 0.15) is 11.6 Å². The van der Waals surface area contributed by atoms with E-state index in [4.69, 9.17) is 9.72 Å². The molecular weight excluding hydrogens is 502 g/mol. The van der Waals surface area contributed by atoms with Crippen LogP contribution in [0, 0.1) is 0 Å². The first-order valence-corrected chi connectivity index (χ1v) is 11.9. The molecule has 5 aromatic rings. The van der Waals surface area contributed by atoms with E-state index in [0.29, 0.717) is 11.4 Å². The molecule has 0 saturated heterocycles. The normalized spacial score (nSPS) is 10.7. The third-order valence-electron chi connectivity index (χ3n) is 5.46. The Morgan fingerprint density at radius 1 is 0.771 bits per heavy atom. The molecule has 1 heterocycles. The minimum absolute atomic E-state index is 0.0856. The molecule has 1 aromatic heterocycles. The van der Waals surface area contributed by atoms with Crippen molar-refractivity contribution in [3.05, 3.63) is 114 Å². The van der Waals surface area contributed by atoms with Crippen LogP contribution >= 0.6 is 15.9 Å².